The topological polar surface area (TPSA) is 43.8 Å². The fraction of sp³-hybridized carbons (Fsp3) is 0.188. The van der Waals surface area contributed by atoms with Gasteiger partial charge in [0, 0.05) is 19.5 Å². The third kappa shape index (κ3) is 2.37. The zero-order valence-electron chi connectivity index (χ0n) is 10.8. The van der Waals surface area contributed by atoms with Crippen molar-refractivity contribution in [3.05, 3.63) is 66.0 Å². The van der Waals surface area contributed by atoms with Gasteiger partial charge in [0.15, 0.2) is 0 Å². The van der Waals surface area contributed by atoms with Crippen LogP contribution in [0.25, 0.3) is 11.0 Å². The van der Waals surface area contributed by atoms with Crippen LogP contribution in [0.3, 0.4) is 0 Å². The minimum Gasteiger partial charge on any atom is -0.329 e. The van der Waals surface area contributed by atoms with E-state index in [1.165, 1.54) is 11.1 Å². The van der Waals surface area contributed by atoms with Gasteiger partial charge in [-0.15, -0.1) is 0 Å². The maximum atomic E-state index is 5.72. The van der Waals surface area contributed by atoms with E-state index in [0.29, 0.717) is 6.54 Å². The van der Waals surface area contributed by atoms with Gasteiger partial charge in [0.1, 0.15) is 5.82 Å². The predicted molar refractivity (Wildman–Crippen MR) is 78.0 cm³/mol. The molecule has 3 nitrogen and oxygen atoms in total. The van der Waals surface area contributed by atoms with Crippen molar-refractivity contribution in [2.75, 3.05) is 6.54 Å². The number of nitrogens with two attached hydrogens (primary N) is 1. The number of hydrogen-bond donors (Lipinski definition) is 1. The summed E-state index contributed by atoms with van der Waals surface area (Å²) in [4.78, 5) is 4.73. The van der Waals surface area contributed by atoms with Gasteiger partial charge in [-0.1, -0.05) is 42.5 Å². The van der Waals surface area contributed by atoms with E-state index < -0.39 is 0 Å². The molecule has 0 bridgehead atoms. The summed E-state index contributed by atoms with van der Waals surface area (Å²) in [5.74, 6) is 1.08. The lowest BCUT2D eigenvalue weighted by atomic mass is 10.1. The largest absolute Gasteiger partial charge is 0.329 e. The fourth-order valence-electron chi connectivity index (χ4n) is 2.42. The summed E-state index contributed by atoms with van der Waals surface area (Å²) >= 11 is 0. The van der Waals surface area contributed by atoms with Crippen molar-refractivity contribution in [3.63, 3.8) is 0 Å². The van der Waals surface area contributed by atoms with E-state index in [4.69, 9.17) is 10.7 Å². The van der Waals surface area contributed by atoms with Crippen LogP contribution in [-0.2, 0) is 13.0 Å². The standard InChI is InChI=1S/C16H17N3/c17-10-11-19-15-9-5-4-8-14(15)18-16(19)12-13-6-2-1-3-7-13/h1-9H,10-12,17H2. The van der Waals surface area contributed by atoms with E-state index >= 15 is 0 Å². The number of nitrogens with zero attached hydrogens (tertiary/aromatic N) is 2. The Morgan fingerprint density at radius 1 is 0.947 bits per heavy atom. The van der Waals surface area contributed by atoms with Gasteiger partial charge in [0.2, 0.25) is 0 Å². The molecule has 0 amide bonds. The van der Waals surface area contributed by atoms with Crippen LogP contribution >= 0.6 is 0 Å². The van der Waals surface area contributed by atoms with E-state index in [1.54, 1.807) is 0 Å². The van der Waals surface area contributed by atoms with Crippen molar-refractivity contribution in [2.24, 2.45) is 5.73 Å². The van der Waals surface area contributed by atoms with Crippen LogP contribution in [0, 0.1) is 0 Å². The first kappa shape index (κ1) is 11.9. The molecule has 1 aromatic heterocycles. The molecule has 1 heterocycles. The van der Waals surface area contributed by atoms with Gasteiger partial charge in [0.25, 0.3) is 0 Å². The number of fused-ring (bicyclic) bond motifs is 1. The molecule has 2 aromatic carbocycles. The average molecular weight is 251 g/mol. The monoisotopic (exact) mass is 251 g/mol. The van der Waals surface area contributed by atoms with Crippen molar-refractivity contribution in [1.29, 1.82) is 0 Å². The van der Waals surface area contributed by atoms with Crippen molar-refractivity contribution in [2.45, 2.75) is 13.0 Å². The Kier molecular flexibility index (Phi) is 3.29. The molecule has 3 rings (SSSR count). The van der Waals surface area contributed by atoms with Gasteiger partial charge < -0.3 is 10.3 Å². The van der Waals surface area contributed by atoms with Crippen LogP contribution in [-0.4, -0.2) is 16.1 Å². The molecule has 0 saturated carbocycles. The normalized spacial score (nSPS) is 11.0. The molecule has 96 valence electrons. The van der Waals surface area contributed by atoms with E-state index in [2.05, 4.69) is 41.0 Å². The van der Waals surface area contributed by atoms with Crippen LogP contribution in [0.1, 0.15) is 11.4 Å². The molecule has 0 atom stereocenters. The number of aromatic nitrogens is 2. The van der Waals surface area contributed by atoms with Gasteiger partial charge in [-0.25, -0.2) is 4.98 Å². The van der Waals surface area contributed by atoms with Crippen molar-refractivity contribution < 1.29 is 0 Å². The highest BCUT2D eigenvalue weighted by molar-refractivity contribution is 5.76. The number of benzene rings is 2. The molecular formula is C16H17N3. The summed E-state index contributed by atoms with van der Waals surface area (Å²) < 4.78 is 2.22. The lowest BCUT2D eigenvalue weighted by molar-refractivity contribution is 0.690. The lowest BCUT2D eigenvalue weighted by Gasteiger charge is -2.07. The van der Waals surface area contributed by atoms with Crippen LogP contribution < -0.4 is 5.73 Å². The quantitative estimate of drug-likeness (QED) is 0.774. The Morgan fingerprint density at radius 2 is 1.68 bits per heavy atom. The maximum Gasteiger partial charge on any atom is 0.114 e. The number of para-hydroxylation sites is 2. The minimum absolute atomic E-state index is 0.627. The molecule has 3 heteroatoms. The Hall–Kier alpha value is -2.13. The summed E-state index contributed by atoms with van der Waals surface area (Å²) in [7, 11) is 0. The summed E-state index contributed by atoms with van der Waals surface area (Å²) in [6, 6.07) is 18.6. The molecule has 2 N–H and O–H groups in total. The maximum absolute atomic E-state index is 5.72. The third-order valence-corrected chi connectivity index (χ3v) is 3.29. The van der Waals surface area contributed by atoms with E-state index in [9.17, 15) is 0 Å². The highest BCUT2D eigenvalue weighted by Gasteiger charge is 2.09. The summed E-state index contributed by atoms with van der Waals surface area (Å²) in [5, 5.41) is 0. The van der Waals surface area contributed by atoms with Gasteiger partial charge in [0.05, 0.1) is 11.0 Å². The van der Waals surface area contributed by atoms with E-state index in [0.717, 1.165) is 24.3 Å². The number of imidazole rings is 1. The first-order valence-corrected chi connectivity index (χ1v) is 6.56. The highest BCUT2D eigenvalue weighted by atomic mass is 15.1. The van der Waals surface area contributed by atoms with Gasteiger partial charge in [-0.3, -0.25) is 0 Å². The van der Waals surface area contributed by atoms with Crippen LogP contribution in [0.5, 0.6) is 0 Å². The molecular weight excluding hydrogens is 234 g/mol. The summed E-state index contributed by atoms with van der Waals surface area (Å²) in [5.41, 5.74) is 9.21. The molecule has 0 aliphatic heterocycles. The summed E-state index contributed by atoms with van der Waals surface area (Å²) in [6.45, 7) is 1.44. The Labute approximate surface area is 112 Å². The second kappa shape index (κ2) is 5.24. The Morgan fingerprint density at radius 3 is 2.47 bits per heavy atom. The average Bonchev–Trinajstić information content (AvgIpc) is 2.79. The molecule has 0 radical (unpaired) electrons. The summed E-state index contributed by atoms with van der Waals surface area (Å²) in [6.07, 6.45) is 0.843. The Bertz CT molecular complexity index is 671. The molecule has 0 aliphatic carbocycles. The molecule has 3 aromatic rings. The van der Waals surface area contributed by atoms with Gasteiger partial charge in [-0.05, 0) is 17.7 Å². The van der Waals surface area contributed by atoms with Crippen LogP contribution in [0.4, 0.5) is 0 Å². The Balaban J connectivity index is 2.04. The lowest BCUT2D eigenvalue weighted by Crippen LogP contribution is -2.12. The predicted octanol–water partition coefficient (Wildman–Crippen LogP) is 2.59. The molecule has 0 spiro atoms. The van der Waals surface area contributed by atoms with E-state index in [-0.39, 0.29) is 0 Å². The van der Waals surface area contributed by atoms with Crippen molar-refractivity contribution in [1.82, 2.24) is 9.55 Å². The minimum atomic E-state index is 0.627. The zero-order chi connectivity index (χ0) is 13.1. The first-order valence-electron chi connectivity index (χ1n) is 6.56. The second-order valence-corrected chi connectivity index (χ2v) is 4.62. The molecule has 0 unspecified atom stereocenters. The van der Waals surface area contributed by atoms with Gasteiger partial charge >= 0.3 is 0 Å². The molecule has 0 fully saturated rings. The van der Waals surface area contributed by atoms with Crippen molar-refractivity contribution in [3.8, 4) is 0 Å². The molecule has 19 heavy (non-hydrogen) atoms. The first-order chi connectivity index (χ1) is 9.38. The van der Waals surface area contributed by atoms with Crippen molar-refractivity contribution >= 4 is 11.0 Å². The number of hydrogen-bond acceptors (Lipinski definition) is 2. The smallest absolute Gasteiger partial charge is 0.114 e. The molecule has 0 aliphatic rings. The van der Waals surface area contributed by atoms with Crippen LogP contribution in [0.2, 0.25) is 0 Å². The zero-order valence-corrected chi connectivity index (χ0v) is 10.8. The number of rotatable bonds is 4. The van der Waals surface area contributed by atoms with Gasteiger partial charge in [-0.2, -0.15) is 0 Å². The highest BCUT2D eigenvalue weighted by Crippen LogP contribution is 2.18. The second-order valence-electron chi connectivity index (χ2n) is 4.62. The molecule has 0 saturated heterocycles. The SMILES string of the molecule is NCCn1c(Cc2ccccc2)nc2ccccc21. The fourth-order valence-corrected chi connectivity index (χ4v) is 2.42. The third-order valence-electron chi connectivity index (χ3n) is 3.29. The van der Waals surface area contributed by atoms with Crippen LogP contribution in [0.15, 0.2) is 54.6 Å². The van der Waals surface area contributed by atoms with E-state index in [1.807, 2.05) is 18.2 Å².